The molecule has 0 atom stereocenters. The van der Waals surface area contributed by atoms with Crippen molar-refractivity contribution in [3.8, 4) is 0 Å². The average Bonchev–Trinajstić information content (AvgIpc) is 2.16. The Kier molecular flexibility index (Phi) is 3.83. The van der Waals surface area contributed by atoms with Crippen LogP contribution >= 0.6 is 0 Å². The van der Waals surface area contributed by atoms with Crippen LogP contribution in [0.5, 0.6) is 0 Å². The first-order valence-corrected chi connectivity index (χ1v) is 4.40. The van der Waals surface area contributed by atoms with Crippen molar-refractivity contribution in [3.05, 3.63) is 39.9 Å². The van der Waals surface area contributed by atoms with Gasteiger partial charge >= 0.3 is 6.18 Å². The summed E-state index contributed by atoms with van der Waals surface area (Å²) in [6, 6.07) is 5.68. The molecule has 0 bridgehead atoms. The Morgan fingerprint density at radius 1 is 1.31 bits per heavy atom. The normalized spacial score (nSPS) is 11.4. The van der Waals surface area contributed by atoms with E-state index in [-0.39, 0.29) is 17.8 Å². The molecule has 0 unspecified atom stereocenters. The topological polar surface area (TPSA) is 55.2 Å². The van der Waals surface area contributed by atoms with Crippen molar-refractivity contribution in [1.29, 1.82) is 0 Å². The van der Waals surface area contributed by atoms with Gasteiger partial charge in [-0.25, -0.2) is 0 Å². The van der Waals surface area contributed by atoms with Crippen molar-refractivity contribution in [2.45, 2.75) is 12.7 Å². The van der Waals surface area contributed by atoms with Crippen molar-refractivity contribution < 1.29 is 18.1 Å². The fourth-order valence-corrected chi connectivity index (χ4v) is 1.18. The first-order chi connectivity index (χ1) is 7.40. The summed E-state index contributed by atoms with van der Waals surface area (Å²) in [7, 11) is 0. The van der Waals surface area contributed by atoms with Gasteiger partial charge in [0.15, 0.2) is 0 Å². The van der Waals surface area contributed by atoms with Gasteiger partial charge in [-0.05, 0) is 0 Å². The van der Waals surface area contributed by atoms with E-state index < -0.39 is 17.6 Å². The largest absolute Gasteiger partial charge is 0.401 e. The number of rotatable bonds is 4. The van der Waals surface area contributed by atoms with Gasteiger partial charge in [0.05, 0.1) is 11.5 Å². The van der Waals surface area contributed by atoms with Gasteiger partial charge in [-0.1, -0.05) is 18.2 Å². The predicted octanol–water partition coefficient (Wildman–Crippen LogP) is 2.25. The van der Waals surface area contributed by atoms with Gasteiger partial charge in [0.2, 0.25) is 0 Å². The molecule has 0 heterocycles. The maximum atomic E-state index is 11.8. The van der Waals surface area contributed by atoms with Crippen molar-refractivity contribution >= 4 is 5.69 Å². The summed E-state index contributed by atoms with van der Waals surface area (Å²) in [6.07, 6.45) is -4.32. The molecule has 7 heteroatoms. The summed E-state index contributed by atoms with van der Waals surface area (Å²) < 4.78 is 35.5. The number of hydrogen-bond donors (Lipinski definition) is 1. The van der Waals surface area contributed by atoms with E-state index in [4.69, 9.17) is 0 Å². The molecule has 1 aromatic rings. The molecule has 0 aliphatic carbocycles. The summed E-state index contributed by atoms with van der Waals surface area (Å²) in [5.41, 5.74) is 0.0499. The van der Waals surface area contributed by atoms with Crippen LogP contribution in [0.4, 0.5) is 18.9 Å². The van der Waals surface area contributed by atoms with E-state index in [2.05, 4.69) is 5.32 Å². The minimum absolute atomic E-state index is 0.183. The van der Waals surface area contributed by atoms with E-state index >= 15 is 0 Å². The van der Waals surface area contributed by atoms with E-state index in [1.807, 2.05) is 0 Å². The molecule has 88 valence electrons. The molecule has 0 spiro atoms. The highest BCUT2D eigenvalue weighted by molar-refractivity contribution is 5.39. The summed E-state index contributed by atoms with van der Waals surface area (Å²) in [4.78, 5) is 9.92. The third-order valence-electron chi connectivity index (χ3n) is 1.83. The molecule has 0 saturated carbocycles. The third kappa shape index (κ3) is 3.85. The number of nitro benzene ring substituents is 1. The van der Waals surface area contributed by atoms with Crippen molar-refractivity contribution in [2.75, 3.05) is 6.54 Å². The number of nitrogens with one attached hydrogen (secondary N) is 1. The molecule has 4 nitrogen and oxygen atoms in total. The number of hydrogen-bond acceptors (Lipinski definition) is 3. The van der Waals surface area contributed by atoms with Crippen LogP contribution in [-0.4, -0.2) is 17.6 Å². The van der Waals surface area contributed by atoms with Crippen LogP contribution in [0, 0.1) is 10.1 Å². The van der Waals surface area contributed by atoms with Gasteiger partial charge in [-0.3, -0.25) is 10.1 Å². The van der Waals surface area contributed by atoms with E-state index in [0.717, 1.165) is 0 Å². The van der Waals surface area contributed by atoms with Gasteiger partial charge in [0.25, 0.3) is 5.69 Å². The van der Waals surface area contributed by atoms with Crippen LogP contribution in [-0.2, 0) is 6.54 Å². The monoisotopic (exact) mass is 234 g/mol. The number of nitrogens with zero attached hydrogens (tertiary/aromatic N) is 1. The number of alkyl halides is 3. The lowest BCUT2D eigenvalue weighted by Gasteiger charge is -2.08. The maximum Gasteiger partial charge on any atom is 0.401 e. The number of benzene rings is 1. The van der Waals surface area contributed by atoms with Gasteiger partial charge in [0, 0.05) is 18.2 Å². The van der Waals surface area contributed by atoms with Gasteiger partial charge < -0.3 is 5.32 Å². The average molecular weight is 234 g/mol. The molecule has 0 radical (unpaired) electrons. The quantitative estimate of drug-likeness (QED) is 0.642. The van der Waals surface area contributed by atoms with E-state index in [1.165, 1.54) is 24.3 Å². The van der Waals surface area contributed by atoms with Crippen molar-refractivity contribution in [3.63, 3.8) is 0 Å². The number of nitro groups is 1. The molecule has 0 amide bonds. The fourth-order valence-electron chi connectivity index (χ4n) is 1.18. The van der Waals surface area contributed by atoms with Crippen LogP contribution in [0.25, 0.3) is 0 Å². The summed E-state index contributed by atoms with van der Waals surface area (Å²) in [5, 5.41) is 12.6. The Labute approximate surface area is 89.2 Å². The Morgan fingerprint density at radius 3 is 2.50 bits per heavy atom. The van der Waals surface area contributed by atoms with Gasteiger partial charge in [-0.2, -0.15) is 13.2 Å². The molecule has 0 aliphatic rings. The predicted molar refractivity (Wildman–Crippen MR) is 50.9 cm³/mol. The van der Waals surface area contributed by atoms with Crippen LogP contribution in [0.1, 0.15) is 5.56 Å². The Balaban J connectivity index is 2.64. The lowest BCUT2D eigenvalue weighted by atomic mass is 10.2. The second-order valence-corrected chi connectivity index (χ2v) is 3.10. The zero-order valence-corrected chi connectivity index (χ0v) is 8.12. The van der Waals surface area contributed by atoms with Crippen LogP contribution in [0.15, 0.2) is 24.3 Å². The molecule has 1 rings (SSSR count). The second-order valence-electron chi connectivity index (χ2n) is 3.10. The summed E-state index contributed by atoms with van der Waals surface area (Å²) in [5.74, 6) is 0. The Hall–Kier alpha value is -1.63. The van der Waals surface area contributed by atoms with Gasteiger partial charge in [-0.15, -0.1) is 0 Å². The Morgan fingerprint density at radius 2 is 1.94 bits per heavy atom. The lowest BCUT2D eigenvalue weighted by Crippen LogP contribution is -2.28. The summed E-state index contributed by atoms with van der Waals surface area (Å²) >= 11 is 0. The standard InChI is InChI=1S/C9H9F3N2O2/c10-9(11,12)6-13-5-7-3-1-2-4-8(7)14(15)16/h1-4,13H,5-6H2. The smallest absolute Gasteiger partial charge is 0.304 e. The van der Waals surface area contributed by atoms with E-state index in [9.17, 15) is 23.3 Å². The van der Waals surface area contributed by atoms with Crippen molar-refractivity contribution in [2.24, 2.45) is 0 Å². The second kappa shape index (κ2) is 4.93. The maximum absolute atomic E-state index is 11.8. The third-order valence-corrected chi connectivity index (χ3v) is 1.83. The minimum atomic E-state index is -4.32. The van der Waals surface area contributed by atoms with Crippen molar-refractivity contribution in [1.82, 2.24) is 5.32 Å². The molecule has 0 aliphatic heterocycles. The molecular formula is C9H9F3N2O2. The highest BCUT2D eigenvalue weighted by Crippen LogP contribution is 2.18. The van der Waals surface area contributed by atoms with E-state index in [1.54, 1.807) is 0 Å². The number of para-hydroxylation sites is 1. The zero-order valence-electron chi connectivity index (χ0n) is 8.12. The summed E-state index contributed by atoms with van der Waals surface area (Å²) in [6.45, 7) is -1.35. The van der Waals surface area contributed by atoms with Gasteiger partial charge in [0.1, 0.15) is 0 Å². The van der Waals surface area contributed by atoms with Crippen LogP contribution in [0.3, 0.4) is 0 Å². The fraction of sp³-hybridized carbons (Fsp3) is 0.333. The van der Waals surface area contributed by atoms with Crippen LogP contribution < -0.4 is 5.32 Å². The van der Waals surface area contributed by atoms with E-state index in [0.29, 0.717) is 0 Å². The molecule has 1 N–H and O–H groups in total. The molecule has 0 aromatic heterocycles. The first kappa shape index (κ1) is 12.4. The lowest BCUT2D eigenvalue weighted by molar-refractivity contribution is -0.385. The highest BCUT2D eigenvalue weighted by Gasteiger charge is 2.26. The molecule has 1 aromatic carbocycles. The molecular weight excluding hydrogens is 225 g/mol. The van der Waals surface area contributed by atoms with Crippen LogP contribution in [0.2, 0.25) is 0 Å². The highest BCUT2D eigenvalue weighted by atomic mass is 19.4. The minimum Gasteiger partial charge on any atom is -0.304 e. The zero-order chi connectivity index (χ0) is 12.2. The molecule has 16 heavy (non-hydrogen) atoms. The number of halogens is 3. The molecule has 0 fully saturated rings. The first-order valence-electron chi connectivity index (χ1n) is 4.40. The Bertz CT molecular complexity index is 379. The molecule has 0 saturated heterocycles. The SMILES string of the molecule is O=[N+]([O-])c1ccccc1CNCC(F)(F)F.